The van der Waals surface area contributed by atoms with Gasteiger partial charge in [0.2, 0.25) is 0 Å². The molecule has 1 aromatic carbocycles. The third-order valence-corrected chi connectivity index (χ3v) is 5.62. The molecule has 22 heavy (non-hydrogen) atoms. The molecule has 0 radical (unpaired) electrons. The van der Waals surface area contributed by atoms with Gasteiger partial charge in [0.05, 0.1) is 11.0 Å². The minimum Gasteiger partial charge on any atom is -0.342 e. The van der Waals surface area contributed by atoms with Gasteiger partial charge in [0.25, 0.3) is 10.2 Å². The van der Waals surface area contributed by atoms with Crippen molar-refractivity contribution < 1.29 is 8.42 Å². The first-order valence-electron chi connectivity index (χ1n) is 7.43. The molecule has 8 heteroatoms. The number of hydrogen-bond donors (Lipinski definition) is 2. The van der Waals surface area contributed by atoms with Crippen LogP contribution in [0, 0.1) is 0 Å². The molecule has 1 fully saturated rings. The lowest BCUT2D eigenvalue weighted by Gasteiger charge is -2.15. The van der Waals surface area contributed by atoms with Gasteiger partial charge in [0.15, 0.2) is 0 Å². The number of hydrogen-bond acceptors (Lipinski definition) is 3. The highest BCUT2D eigenvalue weighted by Gasteiger charge is 2.24. The smallest absolute Gasteiger partial charge is 0.279 e. The van der Waals surface area contributed by atoms with E-state index in [2.05, 4.69) is 14.7 Å². The van der Waals surface area contributed by atoms with Crippen molar-refractivity contribution in [2.45, 2.75) is 25.7 Å². The largest absolute Gasteiger partial charge is 0.342 e. The highest BCUT2D eigenvalue weighted by molar-refractivity contribution is 7.87. The van der Waals surface area contributed by atoms with E-state index in [0.717, 1.165) is 29.7 Å². The monoisotopic (exact) mass is 342 g/mol. The minimum absolute atomic E-state index is 0.413. The van der Waals surface area contributed by atoms with Gasteiger partial charge in [-0.3, -0.25) is 0 Å². The number of aromatic amines is 1. The van der Waals surface area contributed by atoms with E-state index < -0.39 is 10.2 Å². The lowest BCUT2D eigenvalue weighted by Crippen LogP contribution is -2.39. The Hall–Kier alpha value is -1.15. The van der Waals surface area contributed by atoms with Crippen LogP contribution < -0.4 is 4.72 Å². The molecule has 1 saturated heterocycles. The molecule has 0 bridgehead atoms. The number of fused-ring (bicyclic) bond motifs is 1. The van der Waals surface area contributed by atoms with Crippen molar-refractivity contribution in [2.75, 3.05) is 19.6 Å². The number of halogens is 1. The topological polar surface area (TPSA) is 78.1 Å². The Bertz CT molecular complexity index is 753. The van der Waals surface area contributed by atoms with Crippen LogP contribution in [0.4, 0.5) is 0 Å². The van der Waals surface area contributed by atoms with Crippen molar-refractivity contribution in [2.24, 2.45) is 0 Å². The number of nitrogens with zero attached hydrogens (tertiary/aromatic N) is 2. The van der Waals surface area contributed by atoms with E-state index in [4.69, 9.17) is 11.6 Å². The van der Waals surface area contributed by atoms with Crippen molar-refractivity contribution in [3.8, 4) is 0 Å². The van der Waals surface area contributed by atoms with Crippen LogP contribution in [0.1, 0.15) is 25.1 Å². The Kier molecular flexibility index (Phi) is 4.67. The second-order valence-electron chi connectivity index (χ2n) is 5.45. The molecule has 0 saturated carbocycles. The Morgan fingerprint density at radius 2 is 2.09 bits per heavy atom. The van der Waals surface area contributed by atoms with Gasteiger partial charge >= 0.3 is 0 Å². The summed E-state index contributed by atoms with van der Waals surface area (Å²) in [6.45, 7) is 1.66. The van der Waals surface area contributed by atoms with E-state index in [-0.39, 0.29) is 0 Å². The molecule has 0 unspecified atom stereocenters. The number of nitrogens with one attached hydrogen (secondary N) is 2. The zero-order valence-corrected chi connectivity index (χ0v) is 13.8. The standard InChI is InChI=1S/C14H19ClN4O2S/c15-11-5-6-12-13(10-11)18-14(17-12)4-3-7-16-22(20,21)19-8-1-2-9-19/h5-6,10,16H,1-4,7-9H2,(H,17,18). The zero-order valence-electron chi connectivity index (χ0n) is 12.2. The van der Waals surface area contributed by atoms with Crippen LogP contribution >= 0.6 is 11.6 Å². The molecule has 1 aliphatic heterocycles. The maximum absolute atomic E-state index is 12.0. The Labute approximate surface area is 135 Å². The maximum atomic E-state index is 12.0. The predicted molar refractivity (Wildman–Crippen MR) is 87.2 cm³/mol. The first-order valence-corrected chi connectivity index (χ1v) is 9.25. The molecule has 2 aromatic rings. The Morgan fingerprint density at radius 3 is 2.86 bits per heavy atom. The van der Waals surface area contributed by atoms with E-state index >= 15 is 0 Å². The third kappa shape index (κ3) is 3.60. The highest BCUT2D eigenvalue weighted by atomic mass is 35.5. The normalized spacial score (nSPS) is 16.6. The first-order chi connectivity index (χ1) is 10.5. The van der Waals surface area contributed by atoms with Crippen LogP contribution in [0.25, 0.3) is 11.0 Å². The molecule has 1 aromatic heterocycles. The second kappa shape index (κ2) is 6.54. The summed E-state index contributed by atoms with van der Waals surface area (Å²) in [4.78, 5) is 7.67. The van der Waals surface area contributed by atoms with E-state index in [0.29, 0.717) is 37.5 Å². The summed E-state index contributed by atoms with van der Waals surface area (Å²) >= 11 is 5.94. The molecule has 0 atom stereocenters. The lowest BCUT2D eigenvalue weighted by atomic mass is 10.3. The number of aryl methyl sites for hydroxylation is 1. The van der Waals surface area contributed by atoms with Crippen LogP contribution in [-0.2, 0) is 16.6 Å². The molecule has 3 rings (SSSR count). The molecule has 1 aliphatic rings. The van der Waals surface area contributed by atoms with Crippen molar-refractivity contribution >= 4 is 32.8 Å². The number of H-pyrrole nitrogens is 1. The molecule has 0 amide bonds. The van der Waals surface area contributed by atoms with E-state index in [9.17, 15) is 8.42 Å². The lowest BCUT2D eigenvalue weighted by molar-refractivity contribution is 0.464. The van der Waals surface area contributed by atoms with Gasteiger partial charge in [-0.25, -0.2) is 9.71 Å². The molecule has 2 heterocycles. The van der Waals surface area contributed by atoms with Crippen molar-refractivity contribution in [3.63, 3.8) is 0 Å². The number of rotatable bonds is 6. The summed E-state index contributed by atoms with van der Waals surface area (Å²) in [5.74, 6) is 0.845. The summed E-state index contributed by atoms with van der Waals surface area (Å²) in [5.41, 5.74) is 1.78. The average Bonchev–Trinajstić information content (AvgIpc) is 3.12. The van der Waals surface area contributed by atoms with Gasteiger partial charge in [0, 0.05) is 31.1 Å². The van der Waals surface area contributed by atoms with Gasteiger partial charge in [-0.2, -0.15) is 12.7 Å². The maximum Gasteiger partial charge on any atom is 0.279 e. The second-order valence-corrected chi connectivity index (χ2v) is 7.65. The predicted octanol–water partition coefficient (Wildman–Crippen LogP) is 2.08. The van der Waals surface area contributed by atoms with Crippen molar-refractivity contribution in [3.05, 3.63) is 29.0 Å². The molecule has 0 aliphatic carbocycles. The van der Waals surface area contributed by atoms with Gasteiger partial charge in [0.1, 0.15) is 5.82 Å². The number of benzene rings is 1. The van der Waals surface area contributed by atoms with Crippen LogP contribution in [0.5, 0.6) is 0 Å². The van der Waals surface area contributed by atoms with Crippen LogP contribution in [-0.4, -0.2) is 42.3 Å². The summed E-state index contributed by atoms with van der Waals surface area (Å²) in [7, 11) is -3.31. The number of aromatic nitrogens is 2. The van der Waals surface area contributed by atoms with Gasteiger partial charge in [-0.05, 0) is 37.5 Å². The van der Waals surface area contributed by atoms with Crippen molar-refractivity contribution in [1.82, 2.24) is 19.0 Å². The van der Waals surface area contributed by atoms with Gasteiger partial charge < -0.3 is 4.98 Å². The Balaban J connectivity index is 1.51. The van der Waals surface area contributed by atoms with Crippen LogP contribution in [0.3, 0.4) is 0 Å². The third-order valence-electron chi connectivity index (χ3n) is 3.77. The van der Waals surface area contributed by atoms with Crippen molar-refractivity contribution in [1.29, 1.82) is 0 Å². The van der Waals surface area contributed by atoms with Crippen LogP contribution in [0.15, 0.2) is 18.2 Å². The quantitative estimate of drug-likeness (QED) is 0.789. The fraction of sp³-hybridized carbons (Fsp3) is 0.500. The SMILES string of the molecule is O=S(=O)(NCCCc1nc2ccc(Cl)cc2[nH]1)N1CCCC1. The average molecular weight is 343 g/mol. The Morgan fingerprint density at radius 1 is 1.32 bits per heavy atom. The minimum atomic E-state index is -3.31. The summed E-state index contributed by atoms with van der Waals surface area (Å²) < 4.78 is 28.2. The van der Waals surface area contributed by atoms with E-state index in [1.54, 1.807) is 6.07 Å². The molecular weight excluding hydrogens is 324 g/mol. The molecule has 120 valence electrons. The van der Waals surface area contributed by atoms with E-state index in [1.807, 2.05) is 12.1 Å². The fourth-order valence-corrected chi connectivity index (χ4v) is 4.13. The van der Waals surface area contributed by atoms with E-state index in [1.165, 1.54) is 4.31 Å². The summed E-state index contributed by atoms with van der Waals surface area (Å²) in [5, 5.41) is 0.668. The summed E-state index contributed by atoms with van der Waals surface area (Å²) in [6, 6.07) is 5.51. The van der Waals surface area contributed by atoms with Gasteiger partial charge in [-0.1, -0.05) is 11.6 Å². The molecule has 2 N–H and O–H groups in total. The zero-order chi connectivity index (χ0) is 15.6. The fourth-order valence-electron chi connectivity index (χ4n) is 2.63. The summed E-state index contributed by atoms with van der Waals surface area (Å²) in [6.07, 6.45) is 3.28. The van der Waals surface area contributed by atoms with Crippen LogP contribution in [0.2, 0.25) is 5.02 Å². The molecular formula is C14H19ClN4O2S. The molecule has 6 nitrogen and oxygen atoms in total. The van der Waals surface area contributed by atoms with Gasteiger partial charge in [-0.15, -0.1) is 0 Å². The molecule has 0 spiro atoms. The number of imidazole rings is 1. The highest BCUT2D eigenvalue weighted by Crippen LogP contribution is 2.17. The first kappa shape index (κ1) is 15.7.